The van der Waals surface area contributed by atoms with Crippen molar-refractivity contribution in [2.45, 2.75) is 0 Å². The number of ether oxygens (including phenoxy) is 1. The van der Waals surface area contributed by atoms with Crippen LogP contribution >= 0.6 is 0 Å². The Morgan fingerprint density at radius 2 is 1.87 bits per heavy atom. The van der Waals surface area contributed by atoms with E-state index in [0.29, 0.717) is 22.7 Å². The van der Waals surface area contributed by atoms with E-state index in [1.54, 1.807) is 42.7 Å². The number of urea groups is 1. The van der Waals surface area contributed by atoms with Crippen molar-refractivity contribution >= 4 is 34.7 Å². The molecule has 0 bridgehead atoms. The Balaban J connectivity index is 1.31. The molecule has 0 atom stereocenters. The number of rotatable bonds is 6. The molecule has 31 heavy (non-hydrogen) atoms. The van der Waals surface area contributed by atoms with Gasteiger partial charge in [0.25, 0.3) is 5.69 Å². The fourth-order valence-electron chi connectivity index (χ4n) is 2.76. The number of aromatic nitrogens is 2. The Kier molecular flexibility index (Phi) is 5.52. The van der Waals surface area contributed by atoms with Crippen LogP contribution < -0.4 is 15.5 Å². The van der Waals surface area contributed by atoms with E-state index in [4.69, 9.17) is 4.74 Å². The Labute approximate surface area is 175 Å². The number of carbonyl (C=O) groups excluding carboxylic acids is 1. The van der Waals surface area contributed by atoms with E-state index >= 15 is 0 Å². The number of fused-ring (bicyclic) bond motifs is 1. The summed E-state index contributed by atoms with van der Waals surface area (Å²) in [6.45, 7) is 0. The van der Waals surface area contributed by atoms with Crippen LogP contribution in [0.4, 0.5) is 16.2 Å². The molecule has 2 aromatic carbocycles. The van der Waals surface area contributed by atoms with Crippen LogP contribution in [0.2, 0.25) is 0 Å². The molecule has 0 aliphatic carbocycles. The molecule has 4 rings (SSSR count). The average molecular weight is 416 g/mol. The van der Waals surface area contributed by atoms with Crippen molar-refractivity contribution in [2.24, 2.45) is 5.10 Å². The molecule has 0 aliphatic heterocycles. The van der Waals surface area contributed by atoms with E-state index in [1.807, 2.05) is 6.07 Å². The van der Waals surface area contributed by atoms with Crippen LogP contribution in [0, 0.1) is 10.1 Å². The van der Waals surface area contributed by atoms with Crippen LogP contribution in [-0.2, 0) is 0 Å². The first-order valence-electron chi connectivity index (χ1n) is 9.13. The molecule has 2 heterocycles. The van der Waals surface area contributed by atoms with Gasteiger partial charge in [-0.25, -0.2) is 15.2 Å². The standard InChI is InChI=1S/C21H16N6O4/c28-21(26-24-13-14-1-5-16(6-2-14)27(29)30)25-15-3-7-17(8-4-15)31-19-10-12-23-20-18(19)9-11-22-20/h1-13H,(H,22,23)(H2,25,26,28)/b24-13+. The maximum Gasteiger partial charge on any atom is 0.339 e. The number of non-ortho nitro benzene ring substituents is 1. The summed E-state index contributed by atoms with van der Waals surface area (Å²) in [6.07, 6.45) is 4.84. The van der Waals surface area contributed by atoms with Gasteiger partial charge in [0.05, 0.1) is 16.5 Å². The smallest absolute Gasteiger partial charge is 0.339 e. The Morgan fingerprint density at radius 3 is 2.61 bits per heavy atom. The minimum atomic E-state index is -0.532. The number of nitro benzene ring substituents is 1. The quantitative estimate of drug-likeness (QED) is 0.243. The molecule has 0 radical (unpaired) electrons. The molecule has 10 heteroatoms. The van der Waals surface area contributed by atoms with E-state index in [-0.39, 0.29) is 5.69 Å². The van der Waals surface area contributed by atoms with E-state index in [1.165, 1.54) is 30.5 Å². The summed E-state index contributed by atoms with van der Waals surface area (Å²) in [5.41, 5.74) is 4.22. The van der Waals surface area contributed by atoms with Gasteiger partial charge in [-0.2, -0.15) is 5.10 Å². The highest BCUT2D eigenvalue weighted by atomic mass is 16.6. The maximum atomic E-state index is 12.0. The second kappa shape index (κ2) is 8.74. The van der Waals surface area contributed by atoms with Crippen molar-refractivity contribution in [1.82, 2.24) is 15.4 Å². The third-order valence-electron chi connectivity index (χ3n) is 4.24. The highest BCUT2D eigenvalue weighted by Crippen LogP contribution is 2.28. The summed E-state index contributed by atoms with van der Waals surface area (Å²) < 4.78 is 5.89. The number of amides is 2. The predicted octanol–water partition coefficient (Wildman–Crippen LogP) is 4.42. The molecule has 0 fully saturated rings. The Bertz CT molecular complexity index is 1250. The van der Waals surface area contributed by atoms with Gasteiger partial charge in [0.1, 0.15) is 17.1 Å². The highest BCUT2D eigenvalue weighted by molar-refractivity contribution is 5.90. The van der Waals surface area contributed by atoms with Crippen molar-refractivity contribution in [3.8, 4) is 11.5 Å². The van der Waals surface area contributed by atoms with Gasteiger partial charge < -0.3 is 15.0 Å². The van der Waals surface area contributed by atoms with Crippen LogP contribution in [-0.4, -0.2) is 27.1 Å². The molecular weight excluding hydrogens is 400 g/mol. The number of hydrogen-bond donors (Lipinski definition) is 3. The van der Waals surface area contributed by atoms with Crippen LogP contribution in [0.5, 0.6) is 11.5 Å². The molecule has 10 nitrogen and oxygen atoms in total. The number of aromatic amines is 1. The predicted molar refractivity (Wildman–Crippen MR) is 115 cm³/mol. The van der Waals surface area contributed by atoms with Gasteiger partial charge in [0.2, 0.25) is 0 Å². The van der Waals surface area contributed by atoms with Crippen LogP contribution in [0.25, 0.3) is 11.0 Å². The zero-order valence-corrected chi connectivity index (χ0v) is 16.0. The molecular formula is C21H16N6O4. The minimum Gasteiger partial charge on any atom is -0.457 e. The van der Waals surface area contributed by atoms with E-state index < -0.39 is 11.0 Å². The van der Waals surface area contributed by atoms with E-state index in [9.17, 15) is 14.9 Å². The first-order chi connectivity index (χ1) is 15.1. The lowest BCUT2D eigenvalue weighted by Gasteiger charge is -2.08. The molecule has 4 aromatic rings. The SMILES string of the molecule is O=C(N/N=C/c1ccc([N+](=O)[O-])cc1)Nc1ccc(Oc2ccnc3[nH]ccc23)cc1. The van der Waals surface area contributed by atoms with Gasteiger partial charge in [0, 0.05) is 30.2 Å². The number of anilines is 1. The number of nitrogens with one attached hydrogen (secondary N) is 3. The zero-order valence-electron chi connectivity index (χ0n) is 16.0. The summed E-state index contributed by atoms with van der Waals surface area (Å²) in [5.74, 6) is 1.28. The van der Waals surface area contributed by atoms with Gasteiger partial charge in [-0.3, -0.25) is 10.1 Å². The second-order valence-corrected chi connectivity index (χ2v) is 6.35. The number of nitro groups is 1. The average Bonchev–Trinajstić information content (AvgIpc) is 3.25. The lowest BCUT2D eigenvalue weighted by molar-refractivity contribution is -0.384. The summed E-state index contributed by atoms with van der Waals surface area (Å²) in [5, 5.41) is 18.0. The molecule has 0 aliphatic rings. The van der Waals surface area contributed by atoms with Crippen molar-refractivity contribution in [1.29, 1.82) is 0 Å². The normalized spacial score (nSPS) is 10.8. The summed E-state index contributed by atoms with van der Waals surface area (Å²) in [4.78, 5) is 29.4. The van der Waals surface area contributed by atoms with Crippen LogP contribution in [0.3, 0.4) is 0 Å². The van der Waals surface area contributed by atoms with Crippen molar-refractivity contribution in [3.05, 3.63) is 88.7 Å². The topological polar surface area (TPSA) is 135 Å². The van der Waals surface area contributed by atoms with E-state index in [2.05, 4.69) is 25.8 Å². The lowest BCUT2D eigenvalue weighted by atomic mass is 10.2. The monoisotopic (exact) mass is 416 g/mol. The van der Waals surface area contributed by atoms with Crippen LogP contribution in [0.15, 0.2) is 78.2 Å². The van der Waals surface area contributed by atoms with Crippen molar-refractivity contribution < 1.29 is 14.5 Å². The summed E-state index contributed by atoms with van der Waals surface area (Å²) >= 11 is 0. The van der Waals surface area contributed by atoms with Crippen molar-refractivity contribution in [2.75, 3.05) is 5.32 Å². The largest absolute Gasteiger partial charge is 0.457 e. The number of hydrazone groups is 1. The van der Waals surface area contributed by atoms with E-state index in [0.717, 1.165) is 11.0 Å². The van der Waals surface area contributed by atoms with Gasteiger partial charge in [-0.1, -0.05) is 0 Å². The molecule has 154 valence electrons. The molecule has 0 saturated heterocycles. The Hall–Kier alpha value is -4.73. The van der Waals surface area contributed by atoms with Crippen LogP contribution in [0.1, 0.15) is 5.56 Å². The fourth-order valence-corrected chi connectivity index (χ4v) is 2.76. The van der Waals surface area contributed by atoms with Gasteiger partial charge in [0.15, 0.2) is 0 Å². The fraction of sp³-hybridized carbons (Fsp3) is 0. The minimum absolute atomic E-state index is 0.0169. The highest BCUT2D eigenvalue weighted by Gasteiger charge is 2.06. The molecule has 0 unspecified atom stereocenters. The summed E-state index contributed by atoms with van der Waals surface area (Å²) in [7, 11) is 0. The number of H-pyrrole nitrogens is 1. The number of benzene rings is 2. The Morgan fingerprint density at radius 1 is 1.10 bits per heavy atom. The molecule has 2 aromatic heterocycles. The summed E-state index contributed by atoms with van der Waals surface area (Å²) in [6, 6.07) is 15.8. The van der Waals surface area contributed by atoms with Gasteiger partial charge in [-0.05, 0) is 54.1 Å². The van der Waals surface area contributed by atoms with Crippen molar-refractivity contribution in [3.63, 3.8) is 0 Å². The number of carbonyl (C=O) groups is 1. The number of pyridine rings is 1. The second-order valence-electron chi connectivity index (χ2n) is 6.35. The molecule has 2 amide bonds. The molecule has 0 spiro atoms. The third-order valence-corrected chi connectivity index (χ3v) is 4.24. The molecule has 3 N–H and O–H groups in total. The lowest BCUT2D eigenvalue weighted by Crippen LogP contribution is -2.24. The first kappa shape index (κ1) is 19.6. The van der Waals surface area contributed by atoms with Gasteiger partial charge >= 0.3 is 6.03 Å². The number of nitrogens with zero attached hydrogens (tertiary/aromatic N) is 3. The maximum absolute atomic E-state index is 12.0. The first-order valence-corrected chi connectivity index (χ1v) is 9.13. The molecule has 0 saturated carbocycles. The zero-order chi connectivity index (χ0) is 21.6. The van der Waals surface area contributed by atoms with Gasteiger partial charge in [-0.15, -0.1) is 0 Å². The third kappa shape index (κ3) is 4.82. The number of hydrogen-bond acceptors (Lipinski definition) is 6.